The zero-order chi connectivity index (χ0) is 15.1. The van der Waals surface area contributed by atoms with Gasteiger partial charge in [-0.15, -0.1) is 0 Å². The first-order valence-electron chi connectivity index (χ1n) is 7.66. The number of hydrogen-bond donors (Lipinski definition) is 2. The van der Waals surface area contributed by atoms with E-state index < -0.39 is 12.1 Å². The summed E-state index contributed by atoms with van der Waals surface area (Å²) in [5, 5.41) is 2.70. The van der Waals surface area contributed by atoms with Crippen LogP contribution in [0.2, 0.25) is 0 Å². The zero-order valence-corrected chi connectivity index (χ0v) is 12.9. The molecule has 5 heteroatoms. The molecule has 1 saturated carbocycles. The smallest absolute Gasteiger partial charge is 0.328 e. The Morgan fingerprint density at radius 2 is 1.80 bits per heavy atom. The number of ether oxygens (including phenoxy) is 1. The van der Waals surface area contributed by atoms with Crippen molar-refractivity contribution < 1.29 is 14.3 Å². The summed E-state index contributed by atoms with van der Waals surface area (Å²) in [7, 11) is 0. The van der Waals surface area contributed by atoms with Crippen molar-refractivity contribution in [1.82, 2.24) is 5.32 Å². The molecule has 0 radical (unpaired) electrons. The summed E-state index contributed by atoms with van der Waals surface area (Å²) < 4.78 is 5.54. The van der Waals surface area contributed by atoms with Crippen molar-refractivity contribution in [3.63, 3.8) is 0 Å². The van der Waals surface area contributed by atoms with Crippen LogP contribution in [0.4, 0.5) is 0 Å². The molecule has 0 aromatic rings. The summed E-state index contributed by atoms with van der Waals surface area (Å²) >= 11 is 0. The number of nitrogens with two attached hydrogens (primary N) is 1. The Kier molecular flexibility index (Phi) is 6.99. The third-order valence-corrected chi connectivity index (χ3v) is 3.56. The largest absolute Gasteiger partial charge is 0.461 e. The van der Waals surface area contributed by atoms with Gasteiger partial charge in [-0.1, -0.05) is 20.3 Å². The number of nitrogens with one attached hydrogen (secondary N) is 1. The van der Waals surface area contributed by atoms with Gasteiger partial charge in [-0.05, 0) is 44.9 Å². The van der Waals surface area contributed by atoms with E-state index in [-0.39, 0.29) is 18.0 Å². The molecule has 0 unspecified atom stereocenters. The van der Waals surface area contributed by atoms with Gasteiger partial charge in [-0.3, -0.25) is 4.79 Å². The number of amides is 1. The summed E-state index contributed by atoms with van der Waals surface area (Å²) in [6.45, 7) is 5.63. The average molecular weight is 284 g/mol. The molecule has 1 amide bonds. The van der Waals surface area contributed by atoms with E-state index >= 15 is 0 Å². The second-order valence-electron chi connectivity index (χ2n) is 6.18. The van der Waals surface area contributed by atoms with Gasteiger partial charge in [-0.25, -0.2) is 4.79 Å². The molecule has 2 atom stereocenters. The molecule has 0 heterocycles. The SMILES string of the molecule is CC(C)C[C@H](NC(=O)[C@H](C)N)C(=O)OC1CCCCC1. The number of hydrogen-bond acceptors (Lipinski definition) is 4. The van der Waals surface area contributed by atoms with Crippen molar-refractivity contribution in [3.8, 4) is 0 Å². The first-order valence-corrected chi connectivity index (χ1v) is 7.66. The number of carbonyl (C=O) groups excluding carboxylic acids is 2. The molecule has 1 aliphatic rings. The molecule has 0 aliphatic heterocycles. The molecule has 1 fully saturated rings. The Morgan fingerprint density at radius 1 is 1.20 bits per heavy atom. The van der Waals surface area contributed by atoms with Gasteiger partial charge >= 0.3 is 5.97 Å². The van der Waals surface area contributed by atoms with Crippen LogP contribution in [0.25, 0.3) is 0 Å². The topological polar surface area (TPSA) is 81.4 Å². The van der Waals surface area contributed by atoms with Crippen LogP contribution < -0.4 is 11.1 Å². The molecule has 0 bridgehead atoms. The molecule has 1 rings (SSSR count). The van der Waals surface area contributed by atoms with Crippen LogP contribution in [-0.2, 0) is 14.3 Å². The molecular weight excluding hydrogens is 256 g/mol. The fourth-order valence-electron chi connectivity index (χ4n) is 2.42. The van der Waals surface area contributed by atoms with Crippen LogP contribution in [0, 0.1) is 5.92 Å². The fourth-order valence-corrected chi connectivity index (χ4v) is 2.42. The highest BCUT2D eigenvalue weighted by atomic mass is 16.5. The van der Waals surface area contributed by atoms with Gasteiger partial charge in [0.1, 0.15) is 12.1 Å². The molecule has 0 aromatic heterocycles. The normalized spacial score (nSPS) is 19.4. The van der Waals surface area contributed by atoms with E-state index in [0.29, 0.717) is 12.3 Å². The Morgan fingerprint density at radius 3 is 2.30 bits per heavy atom. The van der Waals surface area contributed by atoms with Crippen molar-refractivity contribution in [1.29, 1.82) is 0 Å². The molecule has 116 valence electrons. The molecule has 0 aromatic carbocycles. The zero-order valence-electron chi connectivity index (χ0n) is 12.9. The maximum atomic E-state index is 12.2. The average Bonchev–Trinajstić information content (AvgIpc) is 2.38. The first-order chi connectivity index (χ1) is 9.40. The van der Waals surface area contributed by atoms with Gasteiger partial charge in [0.2, 0.25) is 5.91 Å². The van der Waals surface area contributed by atoms with Crippen molar-refractivity contribution in [2.75, 3.05) is 0 Å². The van der Waals surface area contributed by atoms with Gasteiger partial charge in [0.05, 0.1) is 6.04 Å². The van der Waals surface area contributed by atoms with Crippen LogP contribution >= 0.6 is 0 Å². The van der Waals surface area contributed by atoms with Gasteiger partial charge in [0, 0.05) is 0 Å². The van der Waals surface area contributed by atoms with Crippen LogP contribution in [0.5, 0.6) is 0 Å². The Labute approximate surface area is 121 Å². The van der Waals surface area contributed by atoms with E-state index in [0.717, 1.165) is 25.7 Å². The Balaban J connectivity index is 2.56. The first kappa shape index (κ1) is 17.0. The van der Waals surface area contributed by atoms with E-state index in [1.165, 1.54) is 6.42 Å². The summed E-state index contributed by atoms with van der Waals surface area (Å²) in [5.41, 5.74) is 5.54. The minimum Gasteiger partial charge on any atom is -0.461 e. The van der Waals surface area contributed by atoms with Crippen LogP contribution in [0.1, 0.15) is 59.3 Å². The minimum absolute atomic E-state index is 0.0121. The lowest BCUT2D eigenvalue weighted by molar-refractivity contribution is -0.155. The molecule has 1 aliphatic carbocycles. The standard InChI is InChI=1S/C15H28N2O3/c1-10(2)9-13(17-14(18)11(3)16)15(19)20-12-7-5-4-6-8-12/h10-13H,4-9,16H2,1-3H3,(H,17,18)/t11-,13-/m0/s1. The van der Waals surface area contributed by atoms with E-state index in [1.807, 2.05) is 13.8 Å². The Hall–Kier alpha value is -1.10. The van der Waals surface area contributed by atoms with E-state index in [4.69, 9.17) is 10.5 Å². The highest BCUT2D eigenvalue weighted by molar-refractivity contribution is 5.87. The highest BCUT2D eigenvalue weighted by Gasteiger charge is 2.27. The van der Waals surface area contributed by atoms with Crippen LogP contribution in [0.3, 0.4) is 0 Å². The monoisotopic (exact) mass is 284 g/mol. The molecule has 3 N–H and O–H groups in total. The molecule has 20 heavy (non-hydrogen) atoms. The van der Waals surface area contributed by atoms with Crippen molar-refractivity contribution >= 4 is 11.9 Å². The number of carbonyl (C=O) groups is 2. The quantitative estimate of drug-likeness (QED) is 0.728. The van der Waals surface area contributed by atoms with Gasteiger partial charge < -0.3 is 15.8 Å². The maximum Gasteiger partial charge on any atom is 0.328 e. The van der Waals surface area contributed by atoms with Gasteiger partial charge in [0.25, 0.3) is 0 Å². The second-order valence-corrected chi connectivity index (χ2v) is 6.18. The van der Waals surface area contributed by atoms with Crippen molar-refractivity contribution in [2.24, 2.45) is 11.7 Å². The van der Waals surface area contributed by atoms with Crippen molar-refractivity contribution in [2.45, 2.75) is 77.5 Å². The van der Waals surface area contributed by atoms with Gasteiger partial charge in [-0.2, -0.15) is 0 Å². The lowest BCUT2D eigenvalue weighted by Gasteiger charge is -2.26. The Bertz CT molecular complexity index is 323. The van der Waals surface area contributed by atoms with Crippen LogP contribution in [-0.4, -0.2) is 30.1 Å². The molecule has 0 saturated heterocycles. The minimum atomic E-state index is -0.618. The predicted molar refractivity (Wildman–Crippen MR) is 78.0 cm³/mol. The van der Waals surface area contributed by atoms with E-state index in [9.17, 15) is 9.59 Å². The molecule has 0 spiro atoms. The lowest BCUT2D eigenvalue weighted by atomic mass is 9.97. The maximum absolute atomic E-state index is 12.2. The third-order valence-electron chi connectivity index (χ3n) is 3.56. The van der Waals surface area contributed by atoms with Crippen LogP contribution in [0.15, 0.2) is 0 Å². The summed E-state index contributed by atoms with van der Waals surface area (Å²) in [5.74, 6) is -0.330. The predicted octanol–water partition coefficient (Wildman–Crippen LogP) is 1.74. The van der Waals surface area contributed by atoms with Crippen molar-refractivity contribution in [3.05, 3.63) is 0 Å². The van der Waals surface area contributed by atoms with E-state index in [1.54, 1.807) is 6.92 Å². The lowest BCUT2D eigenvalue weighted by Crippen LogP contribution is -2.49. The molecule has 5 nitrogen and oxygen atoms in total. The van der Waals surface area contributed by atoms with Gasteiger partial charge in [0.15, 0.2) is 0 Å². The number of esters is 1. The fraction of sp³-hybridized carbons (Fsp3) is 0.867. The van der Waals surface area contributed by atoms with E-state index in [2.05, 4.69) is 5.32 Å². The summed E-state index contributed by atoms with van der Waals surface area (Å²) in [6.07, 6.45) is 5.88. The second kappa shape index (κ2) is 8.25. The molecular formula is C15H28N2O3. The number of rotatable bonds is 6. The summed E-state index contributed by atoms with van der Waals surface area (Å²) in [6, 6.07) is -1.21. The highest BCUT2D eigenvalue weighted by Crippen LogP contribution is 2.21. The third kappa shape index (κ3) is 5.90. The summed E-state index contributed by atoms with van der Waals surface area (Å²) in [4.78, 5) is 23.9.